The van der Waals surface area contributed by atoms with Crippen molar-refractivity contribution < 1.29 is 4.52 Å². The summed E-state index contributed by atoms with van der Waals surface area (Å²) in [6.45, 7) is 4.33. The van der Waals surface area contributed by atoms with E-state index in [0.29, 0.717) is 18.3 Å². The third kappa shape index (κ3) is 3.22. The van der Waals surface area contributed by atoms with E-state index in [4.69, 9.17) is 4.52 Å². The summed E-state index contributed by atoms with van der Waals surface area (Å²) in [5.41, 5.74) is 1.01. The van der Waals surface area contributed by atoms with Crippen LogP contribution in [0.4, 0.5) is 5.95 Å². The highest BCUT2D eigenvalue weighted by atomic mass is 32.1. The fourth-order valence-electron chi connectivity index (χ4n) is 2.58. The van der Waals surface area contributed by atoms with Crippen molar-refractivity contribution in [1.29, 1.82) is 0 Å². The van der Waals surface area contributed by atoms with Gasteiger partial charge in [-0.1, -0.05) is 5.16 Å². The molecule has 0 aromatic carbocycles. The SMILES string of the molecule is c1cnc(N2CCN(Cc3nc(-c4ccsc4)no3)CC2)nc1. The number of aromatic nitrogens is 4. The number of nitrogens with zero attached hydrogens (tertiary/aromatic N) is 6. The lowest BCUT2D eigenvalue weighted by Crippen LogP contribution is -2.46. The Balaban J connectivity index is 1.35. The molecule has 0 bridgehead atoms. The van der Waals surface area contributed by atoms with E-state index in [9.17, 15) is 0 Å². The average molecular weight is 328 g/mol. The topological polar surface area (TPSA) is 71.2 Å². The van der Waals surface area contributed by atoms with Crippen molar-refractivity contribution in [1.82, 2.24) is 25.0 Å². The second-order valence-electron chi connectivity index (χ2n) is 5.34. The van der Waals surface area contributed by atoms with Crippen LogP contribution in [0.2, 0.25) is 0 Å². The van der Waals surface area contributed by atoms with Crippen LogP contribution in [-0.4, -0.2) is 51.2 Å². The molecule has 0 unspecified atom stereocenters. The summed E-state index contributed by atoms with van der Waals surface area (Å²) in [4.78, 5) is 17.6. The lowest BCUT2D eigenvalue weighted by atomic mass is 10.3. The Kier molecular flexibility index (Phi) is 3.99. The molecular weight excluding hydrogens is 312 g/mol. The number of rotatable bonds is 4. The Morgan fingerprint density at radius 2 is 1.96 bits per heavy atom. The molecule has 7 nitrogen and oxygen atoms in total. The lowest BCUT2D eigenvalue weighted by molar-refractivity contribution is 0.214. The van der Waals surface area contributed by atoms with Gasteiger partial charge in [-0.25, -0.2) is 9.97 Å². The van der Waals surface area contributed by atoms with Crippen molar-refractivity contribution in [3.63, 3.8) is 0 Å². The number of piperazine rings is 1. The third-order valence-corrected chi connectivity index (χ3v) is 4.50. The Morgan fingerprint density at radius 1 is 1.13 bits per heavy atom. The summed E-state index contributed by atoms with van der Waals surface area (Å²) >= 11 is 1.63. The first-order valence-electron chi connectivity index (χ1n) is 7.48. The number of hydrogen-bond acceptors (Lipinski definition) is 8. The minimum atomic E-state index is 0.663. The second kappa shape index (κ2) is 6.43. The molecule has 0 radical (unpaired) electrons. The summed E-state index contributed by atoms with van der Waals surface area (Å²) < 4.78 is 5.37. The van der Waals surface area contributed by atoms with Gasteiger partial charge in [-0.3, -0.25) is 4.90 Å². The first kappa shape index (κ1) is 14.3. The maximum atomic E-state index is 5.37. The highest BCUT2D eigenvalue weighted by molar-refractivity contribution is 7.08. The van der Waals surface area contributed by atoms with Gasteiger partial charge < -0.3 is 9.42 Å². The van der Waals surface area contributed by atoms with Crippen molar-refractivity contribution in [2.45, 2.75) is 6.54 Å². The van der Waals surface area contributed by atoms with E-state index in [-0.39, 0.29) is 0 Å². The molecule has 0 aliphatic carbocycles. The molecule has 1 aliphatic heterocycles. The predicted molar refractivity (Wildman–Crippen MR) is 87.1 cm³/mol. The monoisotopic (exact) mass is 328 g/mol. The zero-order valence-electron chi connectivity index (χ0n) is 12.5. The van der Waals surface area contributed by atoms with Crippen molar-refractivity contribution in [3.05, 3.63) is 41.2 Å². The Labute approximate surface area is 137 Å². The standard InChI is InChI=1S/C15H16N6OS/c1-3-16-15(17-4-1)21-7-5-20(6-8-21)10-13-18-14(19-22-13)12-2-9-23-11-12/h1-4,9,11H,5-8,10H2. The van der Waals surface area contributed by atoms with E-state index in [0.717, 1.165) is 37.7 Å². The van der Waals surface area contributed by atoms with Crippen molar-refractivity contribution in [2.75, 3.05) is 31.1 Å². The van der Waals surface area contributed by atoms with Crippen LogP contribution in [-0.2, 0) is 6.54 Å². The third-order valence-electron chi connectivity index (χ3n) is 3.81. The van der Waals surface area contributed by atoms with E-state index in [2.05, 4.69) is 29.9 Å². The van der Waals surface area contributed by atoms with Crippen LogP contribution in [0.5, 0.6) is 0 Å². The molecule has 1 saturated heterocycles. The summed E-state index contributed by atoms with van der Waals surface area (Å²) in [5, 5.41) is 8.08. The van der Waals surface area contributed by atoms with E-state index in [1.54, 1.807) is 23.7 Å². The van der Waals surface area contributed by atoms with Gasteiger partial charge in [-0.15, -0.1) is 0 Å². The molecule has 1 aliphatic rings. The summed E-state index contributed by atoms with van der Waals surface area (Å²) in [5.74, 6) is 2.12. The highest BCUT2D eigenvalue weighted by Crippen LogP contribution is 2.19. The minimum absolute atomic E-state index is 0.663. The van der Waals surface area contributed by atoms with Crippen LogP contribution >= 0.6 is 11.3 Å². The zero-order valence-corrected chi connectivity index (χ0v) is 13.3. The highest BCUT2D eigenvalue weighted by Gasteiger charge is 2.20. The van der Waals surface area contributed by atoms with Crippen molar-refractivity contribution in [3.8, 4) is 11.4 Å². The molecule has 4 rings (SSSR count). The molecule has 0 spiro atoms. The number of hydrogen-bond donors (Lipinski definition) is 0. The first-order chi connectivity index (χ1) is 11.4. The van der Waals surface area contributed by atoms with Gasteiger partial charge in [0.1, 0.15) is 0 Å². The normalized spacial score (nSPS) is 15.9. The van der Waals surface area contributed by atoms with Gasteiger partial charge in [-0.05, 0) is 17.5 Å². The predicted octanol–water partition coefficient (Wildman–Crippen LogP) is 1.91. The quantitative estimate of drug-likeness (QED) is 0.724. The average Bonchev–Trinajstić information content (AvgIpc) is 3.28. The summed E-state index contributed by atoms with van der Waals surface area (Å²) in [6, 6.07) is 3.83. The lowest BCUT2D eigenvalue weighted by Gasteiger charge is -2.33. The van der Waals surface area contributed by atoms with Gasteiger partial charge in [-0.2, -0.15) is 16.3 Å². The van der Waals surface area contributed by atoms with Crippen LogP contribution < -0.4 is 4.90 Å². The van der Waals surface area contributed by atoms with Crippen LogP contribution in [0.25, 0.3) is 11.4 Å². The van der Waals surface area contributed by atoms with Gasteiger partial charge in [0.25, 0.3) is 0 Å². The molecule has 1 fully saturated rings. The molecule has 0 saturated carbocycles. The van der Waals surface area contributed by atoms with Crippen molar-refractivity contribution >= 4 is 17.3 Å². The number of anilines is 1. The molecular formula is C15H16N6OS. The Bertz CT molecular complexity index is 736. The molecule has 8 heteroatoms. The van der Waals surface area contributed by atoms with Gasteiger partial charge >= 0.3 is 0 Å². The summed E-state index contributed by atoms with van der Waals surface area (Å²) in [6.07, 6.45) is 3.55. The molecule has 3 aromatic rings. The van der Waals surface area contributed by atoms with Gasteiger partial charge in [0.15, 0.2) is 0 Å². The molecule has 0 atom stereocenters. The fraction of sp³-hybridized carbons (Fsp3) is 0.333. The Morgan fingerprint density at radius 3 is 2.70 bits per heavy atom. The molecule has 0 N–H and O–H groups in total. The van der Waals surface area contributed by atoms with Crippen LogP contribution in [0.1, 0.15) is 5.89 Å². The molecule has 0 amide bonds. The van der Waals surface area contributed by atoms with Crippen LogP contribution in [0.15, 0.2) is 39.8 Å². The fourth-order valence-corrected chi connectivity index (χ4v) is 3.21. The van der Waals surface area contributed by atoms with E-state index < -0.39 is 0 Å². The maximum Gasteiger partial charge on any atom is 0.241 e. The molecule has 118 valence electrons. The smallest absolute Gasteiger partial charge is 0.241 e. The molecule has 3 aromatic heterocycles. The Hall–Kier alpha value is -2.32. The maximum absolute atomic E-state index is 5.37. The molecule has 4 heterocycles. The molecule has 23 heavy (non-hydrogen) atoms. The van der Waals surface area contributed by atoms with Gasteiger partial charge in [0.05, 0.1) is 6.54 Å². The van der Waals surface area contributed by atoms with E-state index in [1.165, 1.54) is 0 Å². The van der Waals surface area contributed by atoms with Gasteiger partial charge in [0, 0.05) is 49.5 Å². The zero-order chi connectivity index (χ0) is 15.5. The van der Waals surface area contributed by atoms with Gasteiger partial charge in [0.2, 0.25) is 17.7 Å². The van der Waals surface area contributed by atoms with Crippen LogP contribution in [0, 0.1) is 0 Å². The summed E-state index contributed by atoms with van der Waals surface area (Å²) in [7, 11) is 0. The van der Waals surface area contributed by atoms with Crippen molar-refractivity contribution in [2.24, 2.45) is 0 Å². The van der Waals surface area contributed by atoms with E-state index in [1.807, 2.05) is 22.9 Å². The minimum Gasteiger partial charge on any atom is -0.338 e. The second-order valence-corrected chi connectivity index (χ2v) is 6.12. The van der Waals surface area contributed by atoms with E-state index >= 15 is 0 Å². The van der Waals surface area contributed by atoms with Crippen LogP contribution in [0.3, 0.4) is 0 Å². The first-order valence-corrected chi connectivity index (χ1v) is 8.42. The number of thiophene rings is 1. The largest absolute Gasteiger partial charge is 0.338 e.